The molecule has 0 N–H and O–H groups in total. The van der Waals surface area contributed by atoms with Gasteiger partial charge >= 0.3 is 0 Å². The van der Waals surface area contributed by atoms with Gasteiger partial charge in [-0.05, 0) is 42.0 Å². The van der Waals surface area contributed by atoms with Gasteiger partial charge in [0.25, 0.3) is 5.91 Å². The summed E-state index contributed by atoms with van der Waals surface area (Å²) in [5.41, 5.74) is 2.74. The molecule has 7 heteroatoms. The fourth-order valence-electron chi connectivity index (χ4n) is 3.35. The van der Waals surface area contributed by atoms with Crippen molar-refractivity contribution in [2.75, 3.05) is 4.90 Å². The number of hydrogen-bond acceptors (Lipinski definition) is 4. The molecular formula is C24H21ClN4O2. The molecule has 0 bridgehead atoms. The highest BCUT2D eigenvalue weighted by Crippen LogP contribution is 2.22. The lowest BCUT2D eigenvalue weighted by Crippen LogP contribution is -2.41. The number of nitrogens with zero attached hydrogens (tertiary/aromatic N) is 4. The van der Waals surface area contributed by atoms with Crippen LogP contribution in [-0.2, 0) is 22.7 Å². The number of hydrazone groups is 1. The number of benzene rings is 2. The number of amides is 2. The summed E-state index contributed by atoms with van der Waals surface area (Å²) >= 11 is 6.03. The average molecular weight is 433 g/mol. The molecule has 4 rings (SSSR count). The van der Waals surface area contributed by atoms with Gasteiger partial charge in [0, 0.05) is 29.7 Å². The van der Waals surface area contributed by atoms with Gasteiger partial charge in [0.2, 0.25) is 5.91 Å². The zero-order valence-electron chi connectivity index (χ0n) is 16.8. The Morgan fingerprint density at radius 2 is 1.71 bits per heavy atom. The highest BCUT2D eigenvalue weighted by atomic mass is 35.5. The summed E-state index contributed by atoms with van der Waals surface area (Å²) < 4.78 is 0. The molecule has 0 fully saturated rings. The van der Waals surface area contributed by atoms with E-state index in [1.165, 1.54) is 5.01 Å². The summed E-state index contributed by atoms with van der Waals surface area (Å²) in [5.74, 6) is -0.346. The quantitative estimate of drug-likeness (QED) is 0.578. The number of rotatable bonds is 6. The Bertz CT molecular complexity index is 1090. The van der Waals surface area contributed by atoms with Crippen molar-refractivity contribution < 1.29 is 9.59 Å². The summed E-state index contributed by atoms with van der Waals surface area (Å²) in [6.07, 6.45) is 2.24. The first-order valence-corrected chi connectivity index (χ1v) is 10.4. The number of halogens is 1. The molecule has 0 atom stereocenters. The van der Waals surface area contributed by atoms with Crippen LogP contribution in [0, 0.1) is 0 Å². The van der Waals surface area contributed by atoms with Gasteiger partial charge in [-0.25, -0.2) is 5.01 Å². The number of carbonyl (C=O) groups is 2. The Morgan fingerprint density at radius 3 is 2.42 bits per heavy atom. The second-order valence-electron chi connectivity index (χ2n) is 7.17. The molecule has 156 valence electrons. The van der Waals surface area contributed by atoms with E-state index in [4.69, 9.17) is 11.6 Å². The van der Waals surface area contributed by atoms with E-state index < -0.39 is 0 Å². The van der Waals surface area contributed by atoms with Crippen LogP contribution in [0.2, 0.25) is 5.02 Å². The predicted molar refractivity (Wildman–Crippen MR) is 121 cm³/mol. The molecule has 2 heterocycles. The van der Waals surface area contributed by atoms with Crippen LogP contribution in [-0.4, -0.2) is 27.5 Å². The molecule has 0 radical (unpaired) electrons. The maximum atomic E-state index is 13.5. The third kappa shape index (κ3) is 5.16. The van der Waals surface area contributed by atoms with Gasteiger partial charge in [0.1, 0.15) is 5.71 Å². The fourth-order valence-corrected chi connectivity index (χ4v) is 3.47. The number of carbonyl (C=O) groups excluding carboxylic acids is 2. The Balaban J connectivity index is 1.62. The van der Waals surface area contributed by atoms with Crippen LogP contribution in [0.25, 0.3) is 0 Å². The van der Waals surface area contributed by atoms with E-state index in [2.05, 4.69) is 10.1 Å². The maximum absolute atomic E-state index is 13.5. The molecule has 3 aromatic rings. The molecule has 0 unspecified atom stereocenters. The summed E-state index contributed by atoms with van der Waals surface area (Å²) in [5, 5.41) is 6.39. The SMILES string of the molecule is O=C1CCC(C(=O)N(Cc2ccccn2)c2ccc(Cl)cc2)=NN1Cc1ccccc1. The van der Waals surface area contributed by atoms with Gasteiger partial charge in [-0.3, -0.25) is 14.6 Å². The van der Waals surface area contributed by atoms with E-state index >= 15 is 0 Å². The minimum absolute atomic E-state index is 0.0943. The van der Waals surface area contributed by atoms with Crippen molar-refractivity contribution in [1.29, 1.82) is 0 Å². The fraction of sp³-hybridized carbons (Fsp3) is 0.167. The lowest BCUT2D eigenvalue weighted by atomic mass is 10.1. The summed E-state index contributed by atoms with van der Waals surface area (Å²) in [6, 6.07) is 22.2. The summed E-state index contributed by atoms with van der Waals surface area (Å²) in [7, 11) is 0. The normalized spacial score (nSPS) is 13.6. The zero-order valence-corrected chi connectivity index (χ0v) is 17.6. The van der Waals surface area contributed by atoms with Crippen molar-refractivity contribution in [3.63, 3.8) is 0 Å². The molecule has 1 aliphatic rings. The summed E-state index contributed by atoms with van der Waals surface area (Å²) in [6.45, 7) is 0.616. The highest BCUT2D eigenvalue weighted by Gasteiger charge is 2.28. The van der Waals surface area contributed by atoms with Crippen molar-refractivity contribution in [2.45, 2.75) is 25.9 Å². The van der Waals surface area contributed by atoms with Crippen LogP contribution in [0.15, 0.2) is 84.1 Å². The Kier molecular flexibility index (Phi) is 6.38. The second-order valence-corrected chi connectivity index (χ2v) is 7.61. The van der Waals surface area contributed by atoms with Crippen LogP contribution < -0.4 is 4.90 Å². The highest BCUT2D eigenvalue weighted by molar-refractivity contribution is 6.44. The van der Waals surface area contributed by atoms with Gasteiger partial charge in [0.05, 0.1) is 18.8 Å². The van der Waals surface area contributed by atoms with Crippen molar-refractivity contribution in [3.8, 4) is 0 Å². The van der Waals surface area contributed by atoms with Gasteiger partial charge in [-0.15, -0.1) is 0 Å². The minimum atomic E-state index is -0.251. The largest absolute Gasteiger partial charge is 0.301 e. The van der Waals surface area contributed by atoms with Crippen molar-refractivity contribution >= 4 is 34.8 Å². The van der Waals surface area contributed by atoms with Gasteiger partial charge < -0.3 is 4.90 Å². The van der Waals surface area contributed by atoms with Crippen LogP contribution >= 0.6 is 11.6 Å². The van der Waals surface area contributed by atoms with Crippen LogP contribution in [0.5, 0.6) is 0 Å². The van der Waals surface area contributed by atoms with Crippen LogP contribution in [0.1, 0.15) is 24.1 Å². The zero-order chi connectivity index (χ0) is 21.6. The van der Waals surface area contributed by atoms with E-state index in [0.717, 1.165) is 11.3 Å². The first-order chi connectivity index (χ1) is 15.1. The Hall–Kier alpha value is -3.51. The first kappa shape index (κ1) is 20.8. The van der Waals surface area contributed by atoms with Crippen molar-refractivity contribution in [3.05, 3.63) is 95.3 Å². The molecule has 1 aliphatic heterocycles. The molecule has 2 amide bonds. The van der Waals surface area contributed by atoms with E-state index in [1.807, 2.05) is 48.5 Å². The minimum Gasteiger partial charge on any atom is -0.301 e. The Labute approximate surface area is 185 Å². The Morgan fingerprint density at radius 1 is 0.968 bits per heavy atom. The maximum Gasteiger partial charge on any atom is 0.274 e. The molecule has 0 saturated heterocycles. The molecule has 1 aromatic heterocycles. The predicted octanol–water partition coefficient (Wildman–Crippen LogP) is 4.45. The number of hydrogen-bond donors (Lipinski definition) is 0. The summed E-state index contributed by atoms with van der Waals surface area (Å²) in [4.78, 5) is 31.9. The lowest BCUT2D eigenvalue weighted by Gasteiger charge is -2.27. The molecule has 0 saturated carbocycles. The molecule has 6 nitrogen and oxygen atoms in total. The number of anilines is 1. The average Bonchev–Trinajstić information content (AvgIpc) is 2.80. The van der Waals surface area contributed by atoms with E-state index in [1.54, 1.807) is 35.4 Å². The smallest absolute Gasteiger partial charge is 0.274 e. The van der Waals surface area contributed by atoms with Crippen molar-refractivity contribution in [2.24, 2.45) is 5.10 Å². The third-order valence-electron chi connectivity index (χ3n) is 4.96. The topological polar surface area (TPSA) is 65.9 Å². The first-order valence-electron chi connectivity index (χ1n) is 9.99. The van der Waals surface area contributed by atoms with E-state index in [0.29, 0.717) is 29.4 Å². The second kappa shape index (κ2) is 9.53. The molecule has 31 heavy (non-hydrogen) atoms. The van der Waals surface area contributed by atoms with Crippen LogP contribution in [0.3, 0.4) is 0 Å². The van der Waals surface area contributed by atoms with E-state index in [-0.39, 0.29) is 24.8 Å². The number of pyridine rings is 1. The third-order valence-corrected chi connectivity index (χ3v) is 5.21. The van der Waals surface area contributed by atoms with E-state index in [9.17, 15) is 9.59 Å². The molecule has 2 aromatic carbocycles. The number of aromatic nitrogens is 1. The van der Waals surface area contributed by atoms with Gasteiger partial charge in [0.15, 0.2) is 0 Å². The molecule has 0 spiro atoms. The van der Waals surface area contributed by atoms with Crippen molar-refractivity contribution in [1.82, 2.24) is 9.99 Å². The molecular weight excluding hydrogens is 412 g/mol. The lowest BCUT2D eigenvalue weighted by molar-refractivity contribution is -0.132. The van der Waals surface area contributed by atoms with Gasteiger partial charge in [-0.1, -0.05) is 48.0 Å². The standard InChI is InChI=1S/C24H21ClN4O2/c25-19-9-11-21(12-10-19)28(17-20-8-4-5-15-26-20)24(31)22-13-14-23(30)29(27-22)16-18-6-2-1-3-7-18/h1-12,15H,13-14,16-17H2. The molecule has 0 aliphatic carbocycles. The van der Waals surface area contributed by atoms with Gasteiger partial charge in [-0.2, -0.15) is 5.10 Å². The van der Waals surface area contributed by atoms with Crippen LogP contribution in [0.4, 0.5) is 5.69 Å². The monoisotopic (exact) mass is 432 g/mol.